The van der Waals surface area contributed by atoms with Gasteiger partial charge in [0.05, 0.1) is 11.5 Å². The molecule has 0 spiro atoms. The minimum atomic E-state index is -1.25. The third kappa shape index (κ3) is 3.19. The zero-order chi connectivity index (χ0) is 17.3. The van der Waals surface area contributed by atoms with Crippen molar-refractivity contribution in [1.82, 2.24) is 0 Å². The van der Waals surface area contributed by atoms with E-state index >= 15 is 0 Å². The molecule has 0 saturated carbocycles. The van der Waals surface area contributed by atoms with Crippen LogP contribution in [0, 0.1) is 23.2 Å². The summed E-state index contributed by atoms with van der Waals surface area (Å²) in [5, 5.41) is 24.5. The first-order valence-electron chi connectivity index (χ1n) is 7.92. The summed E-state index contributed by atoms with van der Waals surface area (Å²) in [4.78, 5) is 25.1. The van der Waals surface area contributed by atoms with Gasteiger partial charge in [-0.05, 0) is 44.1 Å². The SMILES string of the molecule is N#Cc1c(NC(=O)[C@@H]2CC(Cl)=CC[C@H]2C(=O)[O-])sc2c1CCCC2. The van der Waals surface area contributed by atoms with E-state index in [9.17, 15) is 20.0 Å². The van der Waals surface area contributed by atoms with Crippen molar-refractivity contribution in [3.8, 4) is 6.07 Å². The number of carboxylic acids is 1. The maximum atomic E-state index is 12.6. The number of rotatable bonds is 3. The van der Waals surface area contributed by atoms with Gasteiger partial charge in [0.15, 0.2) is 0 Å². The Kier molecular flexibility index (Phi) is 4.93. The lowest BCUT2D eigenvalue weighted by molar-refractivity contribution is -0.313. The summed E-state index contributed by atoms with van der Waals surface area (Å²) in [5.41, 5.74) is 1.55. The van der Waals surface area contributed by atoms with Gasteiger partial charge in [-0.3, -0.25) is 4.79 Å². The number of allylic oxidation sites excluding steroid dienone is 2. The molecule has 1 amide bonds. The van der Waals surface area contributed by atoms with Crippen molar-refractivity contribution in [2.75, 3.05) is 5.32 Å². The lowest BCUT2D eigenvalue weighted by Crippen LogP contribution is -2.42. The van der Waals surface area contributed by atoms with Gasteiger partial charge in [-0.15, -0.1) is 11.3 Å². The van der Waals surface area contributed by atoms with Crippen LogP contribution < -0.4 is 10.4 Å². The minimum Gasteiger partial charge on any atom is -0.550 e. The van der Waals surface area contributed by atoms with Crippen molar-refractivity contribution in [2.45, 2.75) is 38.5 Å². The van der Waals surface area contributed by atoms with E-state index < -0.39 is 23.7 Å². The molecule has 1 N–H and O–H groups in total. The number of aliphatic carboxylic acids is 1. The van der Waals surface area contributed by atoms with E-state index in [2.05, 4.69) is 11.4 Å². The number of hydrogen-bond donors (Lipinski definition) is 1. The normalized spacial score (nSPS) is 22.9. The predicted octanol–water partition coefficient (Wildman–Crippen LogP) is 2.34. The van der Waals surface area contributed by atoms with Gasteiger partial charge in [0.2, 0.25) is 5.91 Å². The van der Waals surface area contributed by atoms with Crippen molar-refractivity contribution in [1.29, 1.82) is 5.26 Å². The zero-order valence-electron chi connectivity index (χ0n) is 12.9. The number of fused-ring (bicyclic) bond motifs is 1. The molecule has 2 aliphatic carbocycles. The molecular weight excluding hydrogens is 348 g/mol. The second-order valence-electron chi connectivity index (χ2n) is 6.14. The molecule has 1 aromatic rings. The molecule has 0 radical (unpaired) electrons. The number of carboxylic acid groups (broad SMARTS) is 1. The quantitative estimate of drug-likeness (QED) is 0.891. The standard InChI is InChI=1S/C17H17ClN2O3S/c18-9-5-6-11(17(22)23)12(7-9)15(21)20-16-13(8-19)10-3-1-2-4-14(10)24-16/h5,11-12H,1-4,6-7H2,(H,20,21)(H,22,23)/p-1/t11-,12-/m1/s1. The highest BCUT2D eigenvalue weighted by Gasteiger charge is 2.33. The maximum absolute atomic E-state index is 12.6. The van der Waals surface area contributed by atoms with E-state index in [1.165, 1.54) is 11.3 Å². The minimum absolute atomic E-state index is 0.180. The van der Waals surface area contributed by atoms with Gasteiger partial charge in [0.25, 0.3) is 0 Å². The summed E-state index contributed by atoms with van der Waals surface area (Å²) in [5.74, 6) is -3.34. The molecule has 5 nitrogen and oxygen atoms in total. The Balaban J connectivity index is 1.84. The van der Waals surface area contributed by atoms with Crippen LogP contribution in [0.15, 0.2) is 11.1 Å². The first-order chi connectivity index (χ1) is 11.5. The number of carbonyl (C=O) groups is 2. The number of nitriles is 1. The smallest absolute Gasteiger partial charge is 0.229 e. The van der Waals surface area contributed by atoms with E-state index in [-0.39, 0.29) is 12.8 Å². The van der Waals surface area contributed by atoms with Crippen molar-refractivity contribution in [2.24, 2.45) is 11.8 Å². The topological polar surface area (TPSA) is 93.0 Å². The summed E-state index contributed by atoms with van der Waals surface area (Å²) in [6.45, 7) is 0. The number of nitrogens with zero attached hydrogens (tertiary/aromatic N) is 1. The highest BCUT2D eigenvalue weighted by molar-refractivity contribution is 7.16. The van der Waals surface area contributed by atoms with E-state index in [1.807, 2.05) is 0 Å². The first-order valence-corrected chi connectivity index (χ1v) is 9.11. The number of nitrogens with one attached hydrogen (secondary N) is 1. The van der Waals surface area contributed by atoms with Crippen LogP contribution >= 0.6 is 22.9 Å². The second-order valence-corrected chi connectivity index (χ2v) is 7.73. The molecule has 2 aliphatic rings. The van der Waals surface area contributed by atoms with Gasteiger partial charge in [-0.2, -0.15) is 5.26 Å². The fourth-order valence-corrected chi connectivity index (χ4v) is 4.87. The van der Waals surface area contributed by atoms with E-state index in [1.54, 1.807) is 6.08 Å². The van der Waals surface area contributed by atoms with Crippen LogP contribution in [-0.4, -0.2) is 11.9 Å². The monoisotopic (exact) mass is 363 g/mol. The lowest BCUT2D eigenvalue weighted by atomic mass is 9.82. The van der Waals surface area contributed by atoms with Crippen LogP contribution in [-0.2, 0) is 22.4 Å². The number of halogens is 1. The van der Waals surface area contributed by atoms with Gasteiger partial charge in [-0.1, -0.05) is 17.7 Å². The van der Waals surface area contributed by atoms with Crippen LogP contribution in [0.4, 0.5) is 5.00 Å². The predicted molar refractivity (Wildman–Crippen MR) is 89.5 cm³/mol. The molecule has 3 rings (SSSR count). The van der Waals surface area contributed by atoms with Gasteiger partial charge in [0, 0.05) is 21.8 Å². The Morgan fingerprint density at radius 3 is 2.79 bits per heavy atom. The van der Waals surface area contributed by atoms with Crippen molar-refractivity contribution in [3.05, 3.63) is 27.1 Å². The van der Waals surface area contributed by atoms with Crippen molar-refractivity contribution < 1.29 is 14.7 Å². The van der Waals surface area contributed by atoms with Gasteiger partial charge in [-0.25, -0.2) is 0 Å². The number of thiophene rings is 1. The van der Waals surface area contributed by atoms with Gasteiger partial charge >= 0.3 is 0 Å². The van der Waals surface area contributed by atoms with Crippen LogP contribution in [0.2, 0.25) is 0 Å². The number of carbonyl (C=O) groups excluding carboxylic acids is 2. The highest BCUT2D eigenvalue weighted by atomic mass is 35.5. The number of aryl methyl sites for hydroxylation is 1. The maximum Gasteiger partial charge on any atom is 0.229 e. The average Bonchev–Trinajstić information content (AvgIpc) is 2.91. The van der Waals surface area contributed by atoms with E-state index in [4.69, 9.17) is 11.6 Å². The van der Waals surface area contributed by atoms with Crippen molar-refractivity contribution in [3.63, 3.8) is 0 Å². The first kappa shape index (κ1) is 17.0. The molecule has 0 aliphatic heterocycles. The van der Waals surface area contributed by atoms with Gasteiger partial charge < -0.3 is 15.2 Å². The van der Waals surface area contributed by atoms with Crippen LogP contribution in [0.1, 0.15) is 41.7 Å². The summed E-state index contributed by atoms with van der Waals surface area (Å²) < 4.78 is 0. The number of hydrogen-bond acceptors (Lipinski definition) is 5. The van der Waals surface area contributed by atoms with E-state index in [0.29, 0.717) is 15.6 Å². The summed E-state index contributed by atoms with van der Waals surface area (Å²) in [7, 11) is 0. The zero-order valence-corrected chi connectivity index (χ0v) is 14.5. The van der Waals surface area contributed by atoms with Crippen molar-refractivity contribution >= 4 is 39.8 Å². The molecule has 126 valence electrons. The molecule has 1 aromatic heterocycles. The van der Waals surface area contributed by atoms with Gasteiger partial charge in [0.1, 0.15) is 11.1 Å². The van der Waals surface area contributed by atoms with Crippen LogP contribution in [0.5, 0.6) is 0 Å². The number of anilines is 1. The molecule has 0 unspecified atom stereocenters. The Morgan fingerprint density at radius 1 is 1.33 bits per heavy atom. The highest BCUT2D eigenvalue weighted by Crippen LogP contribution is 2.39. The molecule has 0 bridgehead atoms. The third-order valence-electron chi connectivity index (χ3n) is 4.65. The molecule has 7 heteroatoms. The fourth-order valence-electron chi connectivity index (χ4n) is 3.37. The summed E-state index contributed by atoms with van der Waals surface area (Å²) in [6.07, 6.45) is 5.89. The second kappa shape index (κ2) is 6.96. The molecule has 0 saturated heterocycles. The lowest BCUT2D eigenvalue weighted by Gasteiger charge is -2.29. The Hall–Kier alpha value is -1.84. The fraction of sp³-hybridized carbons (Fsp3) is 0.471. The molecule has 24 heavy (non-hydrogen) atoms. The molecule has 0 fully saturated rings. The summed E-state index contributed by atoms with van der Waals surface area (Å²) in [6, 6.07) is 2.18. The Labute approximate surface area is 148 Å². The van der Waals surface area contributed by atoms with Crippen LogP contribution in [0.25, 0.3) is 0 Å². The third-order valence-corrected chi connectivity index (χ3v) is 6.17. The Bertz CT molecular complexity index is 763. The van der Waals surface area contributed by atoms with Crippen LogP contribution in [0.3, 0.4) is 0 Å². The van der Waals surface area contributed by atoms with E-state index in [0.717, 1.165) is 36.1 Å². The molecule has 2 atom stereocenters. The Morgan fingerprint density at radius 2 is 2.08 bits per heavy atom. The number of amides is 1. The molecular formula is C17H16ClN2O3S-. The molecule has 0 aromatic carbocycles. The average molecular weight is 364 g/mol. The summed E-state index contributed by atoms with van der Waals surface area (Å²) >= 11 is 7.41. The largest absolute Gasteiger partial charge is 0.550 e. The molecule has 1 heterocycles.